The lowest BCUT2D eigenvalue weighted by Crippen LogP contribution is -2.41. The predicted molar refractivity (Wildman–Crippen MR) is 95.2 cm³/mol. The molecule has 0 fully saturated rings. The minimum Gasteiger partial charge on any atom is -0.550 e. The Labute approximate surface area is 146 Å². The van der Waals surface area contributed by atoms with Crippen LogP contribution in [0.2, 0.25) is 0 Å². The molecule has 2 aromatic rings. The summed E-state index contributed by atoms with van der Waals surface area (Å²) in [4.78, 5) is 23.6. The summed E-state index contributed by atoms with van der Waals surface area (Å²) in [6, 6.07) is 17.1. The summed E-state index contributed by atoms with van der Waals surface area (Å²) < 4.78 is 0. The molecular formula is C20H19N2O3-. The van der Waals surface area contributed by atoms with E-state index in [0.717, 1.165) is 11.4 Å². The molecule has 1 amide bonds. The van der Waals surface area contributed by atoms with Gasteiger partial charge in [-0.05, 0) is 49.2 Å². The van der Waals surface area contributed by atoms with Gasteiger partial charge in [-0.25, -0.2) is 0 Å². The van der Waals surface area contributed by atoms with Crippen LogP contribution in [0, 0.1) is 11.8 Å². The van der Waals surface area contributed by atoms with Crippen LogP contribution < -0.4 is 15.7 Å². The van der Waals surface area contributed by atoms with Gasteiger partial charge in [0.2, 0.25) is 5.91 Å². The minimum absolute atomic E-state index is 0.290. The predicted octanol–water partition coefficient (Wildman–Crippen LogP) is 2.70. The van der Waals surface area contributed by atoms with E-state index in [1.807, 2.05) is 48.5 Å². The Balaban J connectivity index is 1.63. The van der Waals surface area contributed by atoms with Crippen molar-refractivity contribution in [2.24, 2.45) is 11.8 Å². The van der Waals surface area contributed by atoms with Crippen LogP contribution in [0.25, 0.3) is 0 Å². The number of aliphatic carboxylic acids is 1. The van der Waals surface area contributed by atoms with E-state index in [4.69, 9.17) is 0 Å². The van der Waals surface area contributed by atoms with Crippen molar-refractivity contribution in [3.63, 3.8) is 0 Å². The number of para-hydroxylation sites is 1. The van der Waals surface area contributed by atoms with Crippen LogP contribution in [0.1, 0.15) is 12.8 Å². The third-order valence-corrected chi connectivity index (χ3v) is 4.29. The van der Waals surface area contributed by atoms with Gasteiger partial charge in [-0.2, -0.15) is 0 Å². The molecule has 2 aromatic carbocycles. The van der Waals surface area contributed by atoms with Gasteiger partial charge < -0.3 is 20.5 Å². The molecule has 0 aliphatic heterocycles. The van der Waals surface area contributed by atoms with Crippen molar-refractivity contribution in [3.8, 4) is 0 Å². The minimum atomic E-state index is -1.17. The molecule has 1 aliphatic rings. The van der Waals surface area contributed by atoms with E-state index in [2.05, 4.69) is 10.6 Å². The second-order valence-electron chi connectivity index (χ2n) is 6.03. The van der Waals surface area contributed by atoms with E-state index in [1.54, 1.807) is 18.2 Å². The molecule has 2 atom stereocenters. The van der Waals surface area contributed by atoms with Gasteiger partial charge in [0, 0.05) is 28.9 Å². The average molecular weight is 335 g/mol. The first-order valence-corrected chi connectivity index (χ1v) is 8.22. The molecule has 0 aromatic heterocycles. The lowest BCUT2D eigenvalue weighted by molar-refractivity contribution is -0.313. The molecule has 128 valence electrons. The fourth-order valence-electron chi connectivity index (χ4n) is 2.92. The first kappa shape index (κ1) is 16.8. The van der Waals surface area contributed by atoms with Gasteiger partial charge in [0.25, 0.3) is 0 Å². The molecule has 1 aliphatic carbocycles. The molecule has 5 heteroatoms. The van der Waals surface area contributed by atoms with Crippen LogP contribution in [0.15, 0.2) is 66.7 Å². The quantitative estimate of drug-likeness (QED) is 0.823. The van der Waals surface area contributed by atoms with Crippen LogP contribution in [-0.2, 0) is 9.59 Å². The standard InChI is InChI=1S/C20H20N2O3/c23-19(17-8-4-5-9-18(17)20(24)25)22-16-12-10-15(11-13-16)21-14-6-2-1-3-7-14/h1-7,10-13,17-18,21H,8-9H2,(H,22,23)(H,24,25)/p-1/t17-,18-/m0/s1. The number of hydrogen-bond donors (Lipinski definition) is 2. The van der Waals surface area contributed by atoms with Crippen molar-refractivity contribution in [1.82, 2.24) is 0 Å². The van der Waals surface area contributed by atoms with Crippen molar-refractivity contribution in [2.75, 3.05) is 10.6 Å². The van der Waals surface area contributed by atoms with Crippen LogP contribution >= 0.6 is 0 Å². The zero-order valence-corrected chi connectivity index (χ0v) is 13.6. The van der Waals surface area contributed by atoms with E-state index in [9.17, 15) is 14.7 Å². The highest BCUT2D eigenvalue weighted by Crippen LogP contribution is 2.27. The third-order valence-electron chi connectivity index (χ3n) is 4.29. The maximum absolute atomic E-state index is 12.4. The highest BCUT2D eigenvalue weighted by atomic mass is 16.4. The average Bonchev–Trinajstić information content (AvgIpc) is 2.64. The second kappa shape index (κ2) is 7.66. The lowest BCUT2D eigenvalue weighted by Gasteiger charge is -2.28. The molecule has 0 saturated carbocycles. The summed E-state index contributed by atoms with van der Waals surface area (Å²) in [6.07, 6.45) is 4.38. The van der Waals surface area contributed by atoms with Gasteiger partial charge in [0.05, 0.1) is 5.92 Å². The molecule has 5 nitrogen and oxygen atoms in total. The van der Waals surface area contributed by atoms with Crippen molar-refractivity contribution >= 4 is 28.9 Å². The van der Waals surface area contributed by atoms with Gasteiger partial charge in [0.15, 0.2) is 0 Å². The summed E-state index contributed by atoms with van der Waals surface area (Å²) in [5.41, 5.74) is 2.51. The van der Waals surface area contributed by atoms with E-state index >= 15 is 0 Å². The number of rotatable bonds is 5. The summed E-state index contributed by atoms with van der Waals surface area (Å²) in [5, 5.41) is 17.3. The number of carbonyl (C=O) groups excluding carboxylic acids is 2. The topological polar surface area (TPSA) is 81.3 Å². The van der Waals surface area contributed by atoms with E-state index in [-0.39, 0.29) is 5.91 Å². The molecule has 0 unspecified atom stereocenters. The molecular weight excluding hydrogens is 316 g/mol. The number of carbonyl (C=O) groups is 2. The molecule has 0 heterocycles. The van der Waals surface area contributed by atoms with Crippen LogP contribution in [0.3, 0.4) is 0 Å². The Morgan fingerprint density at radius 2 is 1.36 bits per heavy atom. The largest absolute Gasteiger partial charge is 0.550 e. The number of anilines is 3. The van der Waals surface area contributed by atoms with E-state index in [1.165, 1.54) is 0 Å². The highest BCUT2D eigenvalue weighted by Gasteiger charge is 2.29. The number of nitrogens with one attached hydrogen (secondary N) is 2. The maximum atomic E-state index is 12.4. The van der Waals surface area contributed by atoms with Gasteiger partial charge in [-0.15, -0.1) is 0 Å². The number of allylic oxidation sites excluding steroid dienone is 2. The molecule has 25 heavy (non-hydrogen) atoms. The van der Waals surface area contributed by atoms with Crippen molar-refractivity contribution in [1.29, 1.82) is 0 Å². The lowest BCUT2D eigenvalue weighted by atomic mass is 9.82. The smallest absolute Gasteiger partial charge is 0.228 e. The monoisotopic (exact) mass is 335 g/mol. The summed E-state index contributed by atoms with van der Waals surface area (Å²) in [5.74, 6) is -2.84. The molecule has 0 bridgehead atoms. The Morgan fingerprint density at radius 3 is 2.00 bits per heavy atom. The Hall–Kier alpha value is -3.08. The number of hydrogen-bond acceptors (Lipinski definition) is 4. The Kier molecular flexibility index (Phi) is 5.14. The number of amides is 1. The number of benzene rings is 2. The molecule has 3 rings (SSSR count). The third kappa shape index (κ3) is 4.26. The van der Waals surface area contributed by atoms with Crippen molar-refractivity contribution in [2.45, 2.75) is 12.8 Å². The molecule has 0 saturated heterocycles. The number of carboxylic acid groups (broad SMARTS) is 1. The number of carboxylic acids is 1. The van der Waals surface area contributed by atoms with Crippen molar-refractivity contribution < 1.29 is 14.7 Å². The zero-order valence-electron chi connectivity index (χ0n) is 13.6. The first-order chi connectivity index (χ1) is 12.1. The van der Waals surface area contributed by atoms with Crippen molar-refractivity contribution in [3.05, 3.63) is 66.7 Å². The Bertz CT molecular complexity index is 769. The maximum Gasteiger partial charge on any atom is 0.228 e. The van der Waals surface area contributed by atoms with Crippen LogP contribution in [-0.4, -0.2) is 11.9 Å². The highest BCUT2D eigenvalue weighted by molar-refractivity contribution is 5.95. The Morgan fingerprint density at radius 1 is 0.800 bits per heavy atom. The summed E-state index contributed by atoms with van der Waals surface area (Å²) in [7, 11) is 0. The second-order valence-corrected chi connectivity index (χ2v) is 6.03. The van der Waals surface area contributed by atoms with Gasteiger partial charge in [0.1, 0.15) is 0 Å². The molecule has 0 radical (unpaired) electrons. The van der Waals surface area contributed by atoms with Gasteiger partial charge in [-0.1, -0.05) is 30.4 Å². The molecule has 2 N–H and O–H groups in total. The van der Waals surface area contributed by atoms with Crippen LogP contribution in [0.4, 0.5) is 17.1 Å². The van der Waals surface area contributed by atoms with E-state index < -0.39 is 17.8 Å². The van der Waals surface area contributed by atoms with Crippen LogP contribution in [0.5, 0.6) is 0 Å². The zero-order chi connectivity index (χ0) is 17.6. The summed E-state index contributed by atoms with van der Waals surface area (Å²) >= 11 is 0. The van der Waals surface area contributed by atoms with E-state index in [0.29, 0.717) is 18.5 Å². The fraction of sp³-hybridized carbons (Fsp3) is 0.200. The van der Waals surface area contributed by atoms with Gasteiger partial charge in [-0.3, -0.25) is 4.79 Å². The normalized spacial score (nSPS) is 19.2. The van der Waals surface area contributed by atoms with Gasteiger partial charge >= 0.3 is 0 Å². The SMILES string of the molecule is O=C([O-])[C@H]1CC=CC[C@@H]1C(=O)Nc1ccc(Nc2ccccc2)cc1. The summed E-state index contributed by atoms with van der Waals surface area (Å²) in [6.45, 7) is 0. The fourth-order valence-corrected chi connectivity index (χ4v) is 2.92. The molecule has 0 spiro atoms. The first-order valence-electron chi connectivity index (χ1n) is 8.22.